The molecule has 0 atom stereocenters. The summed E-state index contributed by atoms with van der Waals surface area (Å²) in [5.74, 6) is 0. The lowest BCUT2D eigenvalue weighted by atomic mass is 10.2. The highest BCUT2D eigenvalue weighted by molar-refractivity contribution is 5.93. The van der Waals surface area contributed by atoms with Crippen LogP contribution in [0.3, 0.4) is 0 Å². The SMILES string of the molecule is C/C=C\C=C/C(=N)Cc1ccccn1. The summed E-state index contributed by atoms with van der Waals surface area (Å²) in [6.45, 7) is 1.95. The third-order valence-electron chi connectivity index (χ3n) is 1.70. The molecule has 1 N–H and O–H groups in total. The van der Waals surface area contributed by atoms with Crippen molar-refractivity contribution in [3.63, 3.8) is 0 Å². The van der Waals surface area contributed by atoms with Gasteiger partial charge in [-0.05, 0) is 25.1 Å². The van der Waals surface area contributed by atoms with Crippen molar-refractivity contribution in [3.05, 3.63) is 54.4 Å². The number of allylic oxidation sites excluding steroid dienone is 4. The zero-order valence-corrected chi connectivity index (χ0v) is 8.27. The number of aromatic nitrogens is 1. The molecule has 0 aliphatic rings. The number of nitrogens with zero attached hydrogens (tertiary/aromatic N) is 1. The highest BCUT2D eigenvalue weighted by Gasteiger charge is 1.94. The van der Waals surface area contributed by atoms with E-state index < -0.39 is 0 Å². The van der Waals surface area contributed by atoms with Gasteiger partial charge in [0.25, 0.3) is 0 Å². The van der Waals surface area contributed by atoms with Crippen LogP contribution in [0.1, 0.15) is 12.6 Å². The van der Waals surface area contributed by atoms with E-state index in [-0.39, 0.29) is 0 Å². The predicted octanol–water partition coefficient (Wildman–Crippen LogP) is 2.78. The molecule has 0 aliphatic heterocycles. The molecule has 0 aromatic carbocycles. The van der Waals surface area contributed by atoms with E-state index >= 15 is 0 Å². The molecule has 1 aromatic heterocycles. The van der Waals surface area contributed by atoms with Crippen molar-refractivity contribution >= 4 is 5.71 Å². The molecule has 1 heterocycles. The van der Waals surface area contributed by atoms with Gasteiger partial charge in [-0.1, -0.05) is 24.3 Å². The molecule has 0 spiro atoms. The van der Waals surface area contributed by atoms with Crippen molar-refractivity contribution in [2.45, 2.75) is 13.3 Å². The van der Waals surface area contributed by atoms with Crippen molar-refractivity contribution in [3.8, 4) is 0 Å². The molecule has 2 nitrogen and oxygen atoms in total. The molecule has 0 aliphatic carbocycles. The summed E-state index contributed by atoms with van der Waals surface area (Å²) in [4.78, 5) is 4.15. The molecule has 1 rings (SSSR count). The standard InChI is InChI=1S/C12H14N2/c1-2-3-4-7-11(13)10-12-8-5-6-9-14-12/h2-9,13H,10H2,1H3/b3-2-,7-4-,13-11?. The zero-order chi connectivity index (χ0) is 10.2. The highest BCUT2D eigenvalue weighted by atomic mass is 14.7. The molecule has 2 heteroatoms. The first-order chi connectivity index (χ1) is 6.83. The van der Waals surface area contributed by atoms with Crippen molar-refractivity contribution in [1.82, 2.24) is 4.98 Å². The number of rotatable bonds is 4. The van der Waals surface area contributed by atoms with Crippen LogP contribution in [0.15, 0.2) is 48.7 Å². The largest absolute Gasteiger partial charge is 0.305 e. The van der Waals surface area contributed by atoms with Gasteiger partial charge in [0.15, 0.2) is 0 Å². The Bertz CT molecular complexity index is 337. The quantitative estimate of drug-likeness (QED) is 0.569. The van der Waals surface area contributed by atoms with E-state index in [4.69, 9.17) is 5.41 Å². The molecule has 0 saturated carbocycles. The average molecular weight is 186 g/mol. The summed E-state index contributed by atoms with van der Waals surface area (Å²) in [6, 6.07) is 5.74. The molecule has 0 fully saturated rings. The fourth-order valence-electron chi connectivity index (χ4n) is 1.04. The van der Waals surface area contributed by atoms with E-state index in [0.29, 0.717) is 12.1 Å². The fourth-order valence-corrected chi connectivity index (χ4v) is 1.04. The Balaban J connectivity index is 2.50. The summed E-state index contributed by atoms with van der Waals surface area (Å²) in [7, 11) is 0. The molecular formula is C12H14N2. The maximum atomic E-state index is 7.64. The Labute approximate surface area is 84.5 Å². The maximum absolute atomic E-state index is 7.64. The predicted molar refractivity (Wildman–Crippen MR) is 59.6 cm³/mol. The first-order valence-electron chi connectivity index (χ1n) is 4.59. The summed E-state index contributed by atoms with van der Waals surface area (Å²) in [6.07, 6.45) is 9.84. The smallest absolute Gasteiger partial charge is 0.0462 e. The highest BCUT2D eigenvalue weighted by Crippen LogP contribution is 1.96. The zero-order valence-electron chi connectivity index (χ0n) is 8.27. The van der Waals surface area contributed by atoms with E-state index in [1.165, 1.54) is 0 Å². The fraction of sp³-hybridized carbons (Fsp3) is 0.167. The molecule has 14 heavy (non-hydrogen) atoms. The molecule has 72 valence electrons. The Morgan fingerprint density at radius 1 is 1.43 bits per heavy atom. The second-order valence-electron chi connectivity index (χ2n) is 2.91. The normalized spacial score (nSPS) is 11.2. The topological polar surface area (TPSA) is 36.7 Å². The van der Waals surface area contributed by atoms with Gasteiger partial charge in [-0.2, -0.15) is 0 Å². The summed E-state index contributed by atoms with van der Waals surface area (Å²) in [5.41, 5.74) is 1.50. The van der Waals surface area contributed by atoms with Crippen LogP contribution < -0.4 is 0 Å². The lowest BCUT2D eigenvalue weighted by Gasteiger charge is -1.96. The van der Waals surface area contributed by atoms with Gasteiger partial charge in [0, 0.05) is 24.0 Å². The minimum Gasteiger partial charge on any atom is -0.305 e. The Morgan fingerprint density at radius 2 is 2.29 bits per heavy atom. The number of hydrogen-bond donors (Lipinski definition) is 1. The third-order valence-corrected chi connectivity index (χ3v) is 1.70. The van der Waals surface area contributed by atoms with Crippen LogP contribution in [0.4, 0.5) is 0 Å². The van der Waals surface area contributed by atoms with Crippen molar-refractivity contribution in [2.24, 2.45) is 0 Å². The summed E-state index contributed by atoms with van der Waals surface area (Å²) >= 11 is 0. The Kier molecular flexibility index (Phi) is 4.35. The molecule has 0 radical (unpaired) electrons. The second kappa shape index (κ2) is 5.86. The average Bonchev–Trinajstić information content (AvgIpc) is 2.20. The first kappa shape index (κ1) is 10.4. The first-order valence-corrected chi connectivity index (χ1v) is 4.59. The molecule has 0 amide bonds. The van der Waals surface area contributed by atoms with E-state index in [0.717, 1.165) is 5.69 Å². The van der Waals surface area contributed by atoms with Crippen LogP contribution in [-0.4, -0.2) is 10.7 Å². The maximum Gasteiger partial charge on any atom is 0.0462 e. The van der Waals surface area contributed by atoms with Gasteiger partial charge < -0.3 is 5.41 Å². The van der Waals surface area contributed by atoms with E-state index in [9.17, 15) is 0 Å². The summed E-state index contributed by atoms with van der Waals surface area (Å²) in [5, 5.41) is 7.64. The van der Waals surface area contributed by atoms with Crippen LogP contribution in [0, 0.1) is 5.41 Å². The number of nitrogens with one attached hydrogen (secondary N) is 1. The lowest BCUT2D eigenvalue weighted by Crippen LogP contribution is -1.98. The monoisotopic (exact) mass is 186 g/mol. The van der Waals surface area contributed by atoms with E-state index in [2.05, 4.69) is 4.98 Å². The van der Waals surface area contributed by atoms with Crippen LogP contribution in [-0.2, 0) is 6.42 Å². The van der Waals surface area contributed by atoms with Gasteiger partial charge in [-0.15, -0.1) is 0 Å². The van der Waals surface area contributed by atoms with Crippen LogP contribution in [0.2, 0.25) is 0 Å². The van der Waals surface area contributed by atoms with Gasteiger partial charge >= 0.3 is 0 Å². The van der Waals surface area contributed by atoms with E-state index in [1.807, 2.05) is 43.4 Å². The third kappa shape index (κ3) is 3.81. The minimum atomic E-state index is 0.571. The van der Waals surface area contributed by atoms with Crippen LogP contribution >= 0.6 is 0 Å². The molecular weight excluding hydrogens is 172 g/mol. The Hall–Kier alpha value is -1.70. The lowest BCUT2D eigenvalue weighted by molar-refractivity contribution is 1.13. The molecule has 0 saturated heterocycles. The molecule has 1 aromatic rings. The van der Waals surface area contributed by atoms with Gasteiger partial charge in [0.2, 0.25) is 0 Å². The van der Waals surface area contributed by atoms with Crippen molar-refractivity contribution in [1.29, 1.82) is 5.41 Å². The van der Waals surface area contributed by atoms with Gasteiger partial charge in [-0.3, -0.25) is 4.98 Å². The second-order valence-corrected chi connectivity index (χ2v) is 2.91. The Morgan fingerprint density at radius 3 is 2.93 bits per heavy atom. The van der Waals surface area contributed by atoms with Crippen LogP contribution in [0.5, 0.6) is 0 Å². The van der Waals surface area contributed by atoms with Gasteiger partial charge in [0.05, 0.1) is 0 Å². The minimum absolute atomic E-state index is 0.571. The van der Waals surface area contributed by atoms with Gasteiger partial charge in [0.1, 0.15) is 0 Å². The molecule has 0 bridgehead atoms. The van der Waals surface area contributed by atoms with Gasteiger partial charge in [-0.25, -0.2) is 0 Å². The number of pyridine rings is 1. The number of hydrogen-bond acceptors (Lipinski definition) is 2. The van der Waals surface area contributed by atoms with Crippen molar-refractivity contribution < 1.29 is 0 Å². The van der Waals surface area contributed by atoms with Crippen molar-refractivity contribution in [2.75, 3.05) is 0 Å². The van der Waals surface area contributed by atoms with Crippen LogP contribution in [0.25, 0.3) is 0 Å². The summed E-state index contributed by atoms with van der Waals surface area (Å²) < 4.78 is 0. The molecule has 0 unspecified atom stereocenters. The van der Waals surface area contributed by atoms with E-state index in [1.54, 1.807) is 12.3 Å².